The Morgan fingerprint density at radius 1 is 1.33 bits per heavy atom. The lowest BCUT2D eigenvalue weighted by molar-refractivity contribution is 0.621. The van der Waals surface area contributed by atoms with Crippen molar-refractivity contribution in [3.05, 3.63) is 35.0 Å². The van der Waals surface area contributed by atoms with E-state index >= 15 is 0 Å². The van der Waals surface area contributed by atoms with E-state index in [-0.39, 0.29) is 0 Å². The molecule has 1 aliphatic heterocycles. The average molecular weight is 199 g/mol. The molecule has 3 rings (SSSR count). The van der Waals surface area contributed by atoms with Gasteiger partial charge in [0.05, 0.1) is 5.52 Å². The summed E-state index contributed by atoms with van der Waals surface area (Å²) in [5.74, 6) is 0. The third-order valence-electron chi connectivity index (χ3n) is 3.74. The van der Waals surface area contributed by atoms with Crippen molar-refractivity contribution in [2.24, 2.45) is 0 Å². The lowest BCUT2D eigenvalue weighted by Gasteiger charge is -2.16. The molecule has 0 radical (unpaired) electrons. The van der Waals surface area contributed by atoms with Crippen LogP contribution in [0.5, 0.6) is 0 Å². The summed E-state index contributed by atoms with van der Waals surface area (Å²) in [5, 5.41) is 1.49. The van der Waals surface area contributed by atoms with Gasteiger partial charge in [-0.25, -0.2) is 0 Å². The number of benzene rings is 1. The second-order valence-corrected chi connectivity index (χ2v) is 4.49. The van der Waals surface area contributed by atoms with E-state index < -0.39 is 0 Å². The third-order valence-corrected chi connectivity index (χ3v) is 3.74. The summed E-state index contributed by atoms with van der Waals surface area (Å²) in [6.45, 7) is 5.74. The van der Waals surface area contributed by atoms with Crippen molar-refractivity contribution in [3.63, 3.8) is 0 Å². The maximum atomic E-state index is 2.52. The van der Waals surface area contributed by atoms with Gasteiger partial charge < -0.3 is 4.57 Å². The molecule has 1 aliphatic rings. The molecule has 0 aliphatic carbocycles. The van der Waals surface area contributed by atoms with Crippen LogP contribution in [0.25, 0.3) is 10.9 Å². The molecule has 0 N–H and O–H groups in total. The highest BCUT2D eigenvalue weighted by Crippen LogP contribution is 2.32. The first-order valence-electron chi connectivity index (χ1n) is 5.92. The van der Waals surface area contributed by atoms with Gasteiger partial charge in [0.1, 0.15) is 0 Å². The van der Waals surface area contributed by atoms with E-state index in [0.717, 1.165) is 6.42 Å². The van der Waals surface area contributed by atoms with Crippen LogP contribution in [0.2, 0.25) is 0 Å². The minimum Gasteiger partial charge on any atom is -0.344 e. The standard InChI is InChI=1S/C14H17N/c1-3-12-10(2)15-9-5-7-11-6-4-8-13(12)14(11)15/h4,6,8H,3,5,7,9H2,1-2H3. The van der Waals surface area contributed by atoms with Gasteiger partial charge in [0.25, 0.3) is 0 Å². The van der Waals surface area contributed by atoms with E-state index in [1.54, 1.807) is 11.1 Å². The van der Waals surface area contributed by atoms with Crippen LogP contribution in [-0.4, -0.2) is 4.57 Å². The molecule has 0 saturated carbocycles. The lowest BCUT2D eigenvalue weighted by atomic mass is 10.0. The van der Waals surface area contributed by atoms with E-state index in [0.29, 0.717) is 0 Å². The highest BCUT2D eigenvalue weighted by molar-refractivity contribution is 5.88. The monoisotopic (exact) mass is 199 g/mol. The summed E-state index contributed by atoms with van der Waals surface area (Å²) in [5.41, 5.74) is 6.09. The molecule has 0 unspecified atom stereocenters. The number of hydrogen-bond donors (Lipinski definition) is 0. The molecule has 1 aromatic carbocycles. The first-order chi connectivity index (χ1) is 7.33. The van der Waals surface area contributed by atoms with Gasteiger partial charge in [-0.15, -0.1) is 0 Å². The summed E-state index contributed by atoms with van der Waals surface area (Å²) in [7, 11) is 0. The molecule has 78 valence electrons. The van der Waals surface area contributed by atoms with Gasteiger partial charge in [0.2, 0.25) is 0 Å². The Balaban J connectivity index is 2.48. The smallest absolute Gasteiger partial charge is 0.0517 e. The number of hydrogen-bond acceptors (Lipinski definition) is 0. The van der Waals surface area contributed by atoms with Crippen molar-refractivity contribution in [1.82, 2.24) is 4.57 Å². The fraction of sp³-hybridized carbons (Fsp3) is 0.429. The highest BCUT2D eigenvalue weighted by Gasteiger charge is 2.17. The molecule has 0 fully saturated rings. The topological polar surface area (TPSA) is 4.93 Å². The second kappa shape index (κ2) is 3.13. The van der Waals surface area contributed by atoms with Crippen molar-refractivity contribution in [3.8, 4) is 0 Å². The summed E-state index contributed by atoms with van der Waals surface area (Å²) in [4.78, 5) is 0. The van der Waals surface area contributed by atoms with E-state index in [9.17, 15) is 0 Å². The SMILES string of the molecule is CCc1c(C)n2c3c(cccc13)CCC2. The van der Waals surface area contributed by atoms with Gasteiger partial charge in [-0.3, -0.25) is 0 Å². The molecular formula is C14H17N. The minimum atomic E-state index is 1.15. The van der Waals surface area contributed by atoms with Gasteiger partial charge in [-0.1, -0.05) is 25.1 Å². The van der Waals surface area contributed by atoms with Gasteiger partial charge in [-0.2, -0.15) is 0 Å². The number of nitrogens with zero attached hydrogens (tertiary/aromatic N) is 1. The molecule has 0 bridgehead atoms. The van der Waals surface area contributed by atoms with E-state index in [2.05, 4.69) is 36.6 Å². The Kier molecular flexibility index (Phi) is 1.88. The summed E-state index contributed by atoms with van der Waals surface area (Å²) < 4.78 is 2.52. The van der Waals surface area contributed by atoms with Crippen molar-refractivity contribution in [2.45, 2.75) is 39.7 Å². The van der Waals surface area contributed by atoms with Crippen LogP contribution in [0.15, 0.2) is 18.2 Å². The predicted octanol–water partition coefficient (Wildman–Crippen LogP) is 3.46. The van der Waals surface area contributed by atoms with Crippen LogP contribution in [0, 0.1) is 6.92 Å². The zero-order valence-electron chi connectivity index (χ0n) is 9.51. The molecule has 1 heteroatoms. The first-order valence-corrected chi connectivity index (χ1v) is 5.92. The van der Waals surface area contributed by atoms with Crippen LogP contribution >= 0.6 is 0 Å². The van der Waals surface area contributed by atoms with Crippen LogP contribution < -0.4 is 0 Å². The number of aromatic nitrogens is 1. The summed E-state index contributed by atoms with van der Waals surface area (Å²) >= 11 is 0. The largest absolute Gasteiger partial charge is 0.344 e. The molecule has 1 nitrogen and oxygen atoms in total. The molecule has 0 saturated heterocycles. The van der Waals surface area contributed by atoms with Crippen LogP contribution in [-0.2, 0) is 19.4 Å². The van der Waals surface area contributed by atoms with E-state index in [1.807, 2.05) is 0 Å². The number of aryl methyl sites for hydroxylation is 3. The Labute approximate surface area is 90.7 Å². The maximum Gasteiger partial charge on any atom is 0.0517 e. The van der Waals surface area contributed by atoms with E-state index in [1.165, 1.54) is 36.0 Å². The quantitative estimate of drug-likeness (QED) is 0.663. The Morgan fingerprint density at radius 2 is 2.20 bits per heavy atom. The van der Waals surface area contributed by atoms with Gasteiger partial charge in [0.15, 0.2) is 0 Å². The minimum absolute atomic E-state index is 1.15. The van der Waals surface area contributed by atoms with Crippen molar-refractivity contribution in [2.75, 3.05) is 0 Å². The van der Waals surface area contributed by atoms with Gasteiger partial charge in [0, 0.05) is 17.6 Å². The molecular weight excluding hydrogens is 182 g/mol. The van der Waals surface area contributed by atoms with Gasteiger partial charge >= 0.3 is 0 Å². The summed E-state index contributed by atoms with van der Waals surface area (Å²) in [6.07, 6.45) is 3.70. The fourth-order valence-electron chi connectivity index (χ4n) is 3.03. The zero-order chi connectivity index (χ0) is 10.4. The molecule has 0 amide bonds. The molecule has 0 spiro atoms. The molecule has 1 aromatic heterocycles. The third kappa shape index (κ3) is 1.09. The van der Waals surface area contributed by atoms with E-state index in [4.69, 9.17) is 0 Å². The Bertz CT molecular complexity index is 520. The number of rotatable bonds is 1. The molecule has 0 atom stereocenters. The highest BCUT2D eigenvalue weighted by atomic mass is 15.0. The zero-order valence-corrected chi connectivity index (χ0v) is 9.51. The number of para-hydroxylation sites is 1. The van der Waals surface area contributed by atoms with Crippen molar-refractivity contribution in [1.29, 1.82) is 0 Å². The second-order valence-electron chi connectivity index (χ2n) is 4.49. The fourth-order valence-corrected chi connectivity index (χ4v) is 3.03. The Hall–Kier alpha value is -1.24. The first kappa shape index (κ1) is 9.02. The average Bonchev–Trinajstić information content (AvgIpc) is 2.55. The van der Waals surface area contributed by atoms with Crippen LogP contribution in [0.3, 0.4) is 0 Å². The molecule has 15 heavy (non-hydrogen) atoms. The molecule has 2 heterocycles. The Morgan fingerprint density at radius 3 is 3.00 bits per heavy atom. The van der Waals surface area contributed by atoms with Gasteiger partial charge in [-0.05, 0) is 37.3 Å². The van der Waals surface area contributed by atoms with Crippen LogP contribution in [0.1, 0.15) is 30.2 Å². The normalized spacial score (nSPS) is 14.8. The maximum absolute atomic E-state index is 2.52. The lowest BCUT2D eigenvalue weighted by Crippen LogP contribution is -2.08. The predicted molar refractivity (Wildman–Crippen MR) is 64.4 cm³/mol. The molecule has 2 aromatic rings. The van der Waals surface area contributed by atoms with Crippen molar-refractivity contribution < 1.29 is 0 Å². The van der Waals surface area contributed by atoms with Crippen LogP contribution in [0.4, 0.5) is 0 Å². The summed E-state index contributed by atoms with van der Waals surface area (Å²) in [6, 6.07) is 6.79. The van der Waals surface area contributed by atoms with Crippen molar-refractivity contribution >= 4 is 10.9 Å².